The van der Waals surface area contributed by atoms with Gasteiger partial charge in [-0.1, -0.05) is 23.2 Å². The number of hydrogen-bond acceptors (Lipinski definition) is 6. The minimum absolute atomic E-state index is 0.0872. The number of nitrogens with zero attached hydrogens (tertiary/aromatic N) is 2. The standard InChI is InChI=1S/C20H25Cl2N3O6S2/c1-14(25(32(4,27)28)15-5-10-18(21)19(22)13-15)20(26)23-11-12-31-16-6-8-17(9-7-16)33(29,30)24(2)3/h5-10,13-14H,11-12H2,1-4H3,(H,23,26). The summed E-state index contributed by atoms with van der Waals surface area (Å²) < 4.78 is 56.4. The normalized spacial score (nSPS) is 12.9. The summed E-state index contributed by atoms with van der Waals surface area (Å²) in [5, 5.41) is 3.04. The molecule has 1 atom stereocenters. The van der Waals surface area contributed by atoms with Crippen molar-refractivity contribution >= 4 is 54.8 Å². The van der Waals surface area contributed by atoms with Crippen molar-refractivity contribution in [2.45, 2.75) is 17.9 Å². The molecule has 0 spiro atoms. The fraction of sp³-hybridized carbons (Fsp3) is 0.350. The van der Waals surface area contributed by atoms with Crippen LogP contribution in [0.25, 0.3) is 0 Å². The van der Waals surface area contributed by atoms with E-state index in [1.54, 1.807) is 0 Å². The molecule has 0 heterocycles. The van der Waals surface area contributed by atoms with E-state index < -0.39 is 32.0 Å². The second kappa shape index (κ2) is 10.9. The summed E-state index contributed by atoms with van der Waals surface area (Å²) in [6.07, 6.45) is 0.989. The van der Waals surface area contributed by atoms with E-state index in [4.69, 9.17) is 27.9 Å². The van der Waals surface area contributed by atoms with E-state index in [-0.39, 0.29) is 33.8 Å². The minimum Gasteiger partial charge on any atom is -0.492 e. The van der Waals surface area contributed by atoms with Crippen LogP contribution in [0.2, 0.25) is 10.0 Å². The lowest BCUT2D eigenvalue weighted by atomic mass is 10.2. The molecule has 2 aromatic rings. The number of nitrogens with one attached hydrogen (secondary N) is 1. The Bertz CT molecular complexity index is 1200. The van der Waals surface area contributed by atoms with Gasteiger partial charge in [-0.3, -0.25) is 9.10 Å². The first-order chi connectivity index (χ1) is 15.2. The van der Waals surface area contributed by atoms with Crippen LogP contribution in [0.1, 0.15) is 6.92 Å². The molecule has 2 aromatic carbocycles. The number of carbonyl (C=O) groups is 1. The highest BCUT2D eigenvalue weighted by molar-refractivity contribution is 7.92. The number of benzene rings is 2. The molecule has 0 radical (unpaired) electrons. The Hall–Kier alpha value is -2.05. The van der Waals surface area contributed by atoms with Gasteiger partial charge in [0.05, 0.1) is 33.4 Å². The lowest BCUT2D eigenvalue weighted by molar-refractivity contribution is -0.121. The van der Waals surface area contributed by atoms with E-state index in [1.165, 1.54) is 63.5 Å². The molecule has 0 aliphatic heterocycles. The van der Waals surface area contributed by atoms with Crippen molar-refractivity contribution in [2.75, 3.05) is 37.8 Å². The number of anilines is 1. The summed E-state index contributed by atoms with van der Waals surface area (Å²) in [6.45, 7) is 1.63. The van der Waals surface area contributed by atoms with Crippen LogP contribution in [0.5, 0.6) is 5.75 Å². The highest BCUT2D eigenvalue weighted by Gasteiger charge is 2.29. The Balaban J connectivity index is 1.98. The summed E-state index contributed by atoms with van der Waals surface area (Å²) in [6, 6.07) is 9.09. The van der Waals surface area contributed by atoms with E-state index in [9.17, 15) is 21.6 Å². The summed E-state index contributed by atoms with van der Waals surface area (Å²) in [5.74, 6) is -0.119. The maximum Gasteiger partial charge on any atom is 0.243 e. The zero-order chi connectivity index (χ0) is 25.0. The number of amides is 1. The molecular weight excluding hydrogens is 513 g/mol. The van der Waals surface area contributed by atoms with Crippen LogP contribution in [0, 0.1) is 0 Å². The average Bonchev–Trinajstić information content (AvgIpc) is 2.73. The summed E-state index contributed by atoms with van der Waals surface area (Å²) >= 11 is 11.9. The Morgan fingerprint density at radius 3 is 2.15 bits per heavy atom. The lowest BCUT2D eigenvalue weighted by Gasteiger charge is -2.28. The van der Waals surface area contributed by atoms with Crippen LogP contribution in [-0.4, -0.2) is 66.6 Å². The van der Waals surface area contributed by atoms with Gasteiger partial charge in [0.15, 0.2) is 0 Å². The summed E-state index contributed by atoms with van der Waals surface area (Å²) in [5.41, 5.74) is 0.207. The monoisotopic (exact) mass is 537 g/mol. The maximum absolute atomic E-state index is 12.6. The smallest absolute Gasteiger partial charge is 0.243 e. The van der Waals surface area contributed by atoms with Gasteiger partial charge in [-0.25, -0.2) is 21.1 Å². The van der Waals surface area contributed by atoms with Crippen molar-refractivity contribution in [3.63, 3.8) is 0 Å². The van der Waals surface area contributed by atoms with E-state index >= 15 is 0 Å². The van der Waals surface area contributed by atoms with Crippen molar-refractivity contribution in [3.05, 3.63) is 52.5 Å². The van der Waals surface area contributed by atoms with Gasteiger partial charge in [-0.05, 0) is 49.4 Å². The van der Waals surface area contributed by atoms with Crippen molar-refractivity contribution in [3.8, 4) is 5.75 Å². The second-order valence-electron chi connectivity index (χ2n) is 7.23. The number of ether oxygens (including phenoxy) is 1. The number of sulfonamides is 2. The molecule has 0 aliphatic carbocycles. The third-order valence-electron chi connectivity index (χ3n) is 4.52. The van der Waals surface area contributed by atoms with Gasteiger partial charge in [-0.15, -0.1) is 0 Å². The van der Waals surface area contributed by atoms with Gasteiger partial charge in [0.2, 0.25) is 26.0 Å². The number of rotatable bonds is 10. The highest BCUT2D eigenvalue weighted by Crippen LogP contribution is 2.29. The van der Waals surface area contributed by atoms with Crippen molar-refractivity contribution in [1.29, 1.82) is 0 Å². The zero-order valence-electron chi connectivity index (χ0n) is 18.4. The van der Waals surface area contributed by atoms with Crippen LogP contribution >= 0.6 is 23.2 Å². The largest absolute Gasteiger partial charge is 0.492 e. The molecule has 0 aromatic heterocycles. The van der Waals surface area contributed by atoms with Gasteiger partial charge < -0.3 is 10.1 Å². The van der Waals surface area contributed by atoms with Crippen LogP contribution in [0.4, 0.5) is 5.69 Å². The van der Waals surface area contributed by atoms with Gasteiger partial charge in [0.25, 0.3) is 0 Å². The maximum atomic E-state index is 12.6. The van der Waals surface area contributed by atoms with E-state index in [1.807, 2.05) is 0 Å². The predicted molar refractivity (Wildman–Crippen MR) is 129 cm³/mol. The zero-order valence-corrected chi connectivity index (χ0v) is 21.6. The van der Waals surface area contributed by atoms with E-state index in [2.05, 4.69) is 5.32 Å². The minimum atomic E-state index is -3.80. The Labute approximate surface area is 204 Å². The van der Waals surface area contributed by atoms with Crippen molar-refractivity contribution < 1.29 is 26.4 Å². The third-order valence-corrected chi connectivity index (χ3v) is 8.33. The molecule has 1 N–H and O–H groups in total. The molecule has 0 aliphatic rings. The van der Waals surface area contributed by atoms with Crippen molar-refractivity contribution in [1.82, 2.24) is 9.62 Å². The molecule has 0 fully saturated rings. The van der Waals surface area contributed by atoms with Crippen molar-refractivity contribution in [2.24, 2.45) is 0 Å². The molecular formula is C20H25Cl2N3O6S2. The number of carbonyl (C=O) groups excluding carboxylic acids is 1. The first-order valence-corrected chi connectivity index (χ1v) is 13.7. The molecule has 2 rings (SSSR count). The predicted octanol–water partition coefficient (Wildman–Crippen LogP) is 2.59. The van der Waals surface area contributed by atoms with Gasteiger partial charge in [-0.2, -0.15) is 0 Å². The molecule has 13 heteroatoms. The number of halogens is 2. The van der Waals surface area contributed by atoms with Gasteiger partial charge in [0.1, 0.15) is 18.4 Å². The molecule has 33 heavy (non-hydrogen) atoms. The van der Waals surface area contributed by atoms with Crippen LogP contribution in [0.15, 0.2) is 47.4 Å². The highest BCUT2D eigenvalue weighted by atomic mass is 35.5. The lowest BCUT2D eigenvalue weighted by Crippen LogP contribution is -2.48. The van der Waals surface area contributed by atoms with Gasteiger partial charge >= 0.3 is 0 Å². The van der Waals surface area contributed by atoms with Crippen LogP contribution in [0.3, 0.4) is 0 Å². The quantitative estimate of drug-likeness (QED) is 0.466. The van der Waals surface area contributed by atoms with E-state index in [0.29, 0.717) is 5.75 Å². The molecule has 9 nitrogen and oxygen atoms in total. The molecule has 182 valence electrons. The molecule has 1 amide bonds. The Morgan fingerprint density at radius 2 is 1.64 bits per heavy atom. The fourth-order valence-electron chi connectivity index (χ4n) is 2.84. The topological polar surface area (TPSA) is 113 Å². The van der Waals surface area contributed by atoms with E-state index in [0.717, 1.165) is 14.9 Å². The van der Waals surface area contributed by atoms with Crippen LogP contribution < -0.4 is 14.4 Å². The first kappa shape index (κ1) is 27.2. The average molecular weight is 538 g/mol. The fourth-order valence-corrected chi connectivity index (χ4v) is 5.20. The second-order valence-corrected chi connectivity index (χ2v) is 12.1. The molecule has 0 saturated carbocycles. The summed E-state index contributed by atoms with van der Waals surface area (Å²) in [7, 11) is -4.46. The first-order valence-electron chi connectivity index (χ1n) is 9.62. The SMILES string of the molecule is CC(C(=O)NCCOc1ccc(S(=O)(=O)N(C)C)cc1)N(c1ccc(Cl)c(Cl)c1)S(C)(=O)=O. The third kappa shape index (κ3) is 6.97. The Kier molecular flexibility index (Phi) is 9.00. The molecule has 0 saturated heterocycles. The van der Waals surface area contributed by atoms with Gasteiger partial charge in [0, 0.05) is 14.1 Å². The van der Waals surface area contributed by atoms with Crippen LogP contribution in [-0.2, 0) is 24.8 Å². The molecule has 1 unspecified atom stereocenters. The number of hydrogen-bond donors (Lipinski definition) is 1. The molecule has 0 bridgehead atoms. The Morgan fingerprint density at radius 1 is 1.03 bits per heavy atom. The summed E-state index contributed by atoms with van der Waals surface area (Å²) in [4.78, 5) is 12.7.